The van der Waals surface area contributed by atoms with Gasteiger partial charge < -0.3 is 10.6 Å². The summed E-state index contributed by atoms with van der Waals surface area (Å²) in [6.45, 7) is 4.63. The van der Waals surface area contributed by atoms with Gasteiger partial charge in [0.1, 0.15) is 6.33 Å². The van der Waals surface area contributed by atoms with Crippen LogP contribution in [0.5, 0.6) is 0 Å². The summed E-state index contributed by atoms with van der Waals surface area (Å²) in [6.07, 6.45) is 2.03. The molecule has 0 aliphatic carbocycles. The Hall–Kier alpha value is -3.30. The Balaban J connectivity index is 2.29. The van der Waals surface area contributed by atoms with Gasteiger partial charge in [0.2, 0.25) is 11.6 Å². The van der Waals surface area contributed by atoms with Crippen molar-refractivity contribution in [2.75, 3.05) is 17.2 Å². The normalized spacial score (nSPS) is 10.5. The molecule has 0 bridgehead atoms. The van der Waals surface area contributed by atoms with Crippen molar-refractivity contribution >= 4 is 28.7 Å². The van der Waals surface area contributed by atoms with Crippen molar-refractivity contribution in [3.05, 3.63) is 50.8 Å². The molecule has 2 rings (SSSR count). The van der Waals surface area contributed by atoms with Crippen molar-refractivity contribution in [1.82, 2.24) is 9.97 Å². The highest BCUT2D eigenvalue weighted by molar-refractivity contribution is 5.74. The lowest BCUT2D eigenvalue weighted by Gasteiger charge is -2.10. The summed E-state index contributed by atoms with van der Waals surface area (Å²) in [5.74, 6) is 0.511. The number of benzene rings is 1. The number of nitrogens with one attached hydrogen (secondary N) is 2. The summed E-state index contributed by atoms with van der Waals surface area (Å²) in [5.41, 5.74) is -0.112. The molecule has 0 aliphatic heterocycles. The maximum atomic E-state index is 11.4. The van der Waals surface area contributed by atoms with Crippen molar-refractivity contribution in [3.8, 4) is 0 Å². The second kappa shape index (κ2) is 7.99. The van der Waals surface area contributed by atoms with Crippen LogP contribution in [0.1, 0.15) is 20.3 Å². The third-order valence-corrected chi connectivity index (χ3v) is 3.34. The van der Waals surface area contributed by atoms with Crippen LogP contribution in [0, 0.1) is 26.1 Å². The highest BCUT2D eigenvalue weighted by Gasteiger charge is 2.23. The molecule has 0 atom stereocenters. The number of nitro benzene ring substituents is 1. The molecule has 0 unspecified atom stereocenters. The second-order valence-electron chi connectivity index (χ2n) is 5.72. The summed E-state index contributed by atoms with van der Waals surface area (Å²) in [4.78, 5) is 29.0. The van der Waals surface area contributed by atoms with Crippen LogP contribution < -0.4 is 10.6 Å². The summed E-state index contributed by atoms with van der Waals surface area (Å²) in [5, 5.41) is 28.0. The van der Waals surface area contributed by atoms with E-state index in [0.29, 0.717) is 18.2 Å². The smallest absolute Gasteiger partial charge is 0.353 e. The number of anilines is 3. The van der Waals surface area contributed by atoms with Gasteiger partial charge in [-0.2, -0.15) is 0 Å². The minimum atomic E-state index is -0.586. The van der Waals surface area contributed by atoms with E-state index in [0.717, 1.165) is 6.42 Å². The standard InChI is InChI=1S/C15H18N6O4/c1-10(2)6-7-16-14-13(21(24)25)15(18-9-17-14)19-11-4-3-5-12(8-11)20(22)23/h3-5,8-10H,6-7H2,1-2H3,(H2,16,17,18,19). The average molecular weight is 346 g/mol. The van der Waals surface area contributed by atoms with Gasteiger partial charge in [-0.3, -0.25) is 20.2 Å². The van der Waals surface area contributed by atoms with E-state index in [4.69, 9.17) is 0 Å². The van der Waals surface area contributed by atoms with Gasteiger partial charge in [-0.1, -0.05) is 19.9 Å². The summed E-state index contributed by atoms with van der Waals surface area (Å²) >= 11 is 0. The van der Waals surface area contributed by atoms with Gasteiger partial charge in [-0.05, 0) is 18.4 Å². The quantitative estimate of drug-likeness (QED) is 0.547. The second-order valence-corrected chi connectivity index (χ2v) is 5.72. The topological polar surface area (TPSA) is 136 Å². The fourth-order valence-corrected chi connectivity index (χ4v) is 2.09. The first-order chi connectivity index (χ1) is 11.9. The maximum absolute atomic E-state index is 11.4. The third-order valence-electron chi connectivity index (χ3n) is 3.34. The van der Waals surface area contributed by atoms with Crippen LogP contribution in [0.4, 0.5) is 28.7 Å². The lowest BCUT2D eigenvalue weighted by Crippen LogP contribution is -2.10. The SMILES string of the molecule is CC(C)CCNc1ncnc(Nc2cccc([N+](=O)[O-])c2)c1[N+](=O)[O-]. The highest BCUT2D eigenvalue weighted by Crippen LogP contribution is 2.31. The van der Waals surface area contributed by atoms with Crippen molar-refractivity contribution < 1.29 is 9.85 Å². The molecule has 0 amide bonds. The maximum Gasteiger partial charge on any atom is 0.353 e. The zero-order chi connectivity index (χ0) is 18.4. The van der Waals surface area contributed by atoms with E-state index in [1.807, 2.05) is 13.8 Å². The fraction of sp³-hybridized carbons (Fsp3) is 0.333. The first kappa shape index (κ1) is 18.0. The van der Waals surface area contributed by atoms with Gasteiger partial charge in [0.05, 0.1) is 9.85 Å². The molecule has 0 saturated heterocycles. The Morgan fingerprint density at radius 3 is 2.48 bits per heavy atom. The minimum Gasteiger partial charge on any atom is -0.364 e. The van der Waals surface area contributed by atoms with Crippen LogP contribution in [0.3, 0.4) is 0 Å². The molecule has 2 aromatic rings. The number of aromatic nitrogens is 2. The van der Waals surface area contributed by atoms with Crippen molar-refractivity contribution in [1.29, 1.82) is 0 Å². The number of nitrogens with zero attached hydrogens (tertiary/aromatic N) is 4. The van der Waals surface area contributed by atoms with Crippen molar-refractivity contribution in [3.63, 3.8) is 0 Å². The van der Waals surface area contributed by atoms with E-state index in [1.165, 1.54) is 24.5 Å². The first-order valence-corrected chi connectivity index (χ1v) is 7.63. The van der Waals surface area contributed by atoms with Crippen LogP contribution >= 0.6 is 0 Å². The Morgan fingerprint density at radius 2 is 1.84 bits per heavy atom. The monoisotopic (exact) mass is 346 g/mol. The minimum absolute atomic E-state index is 0.0347. The fourth-order valence-electron chi connectivity index (χ4n) is 2.09. The largest absolute Gasteiger partial charge is 0.364 e. The van der Waals surface area contributed by atoms with Gasteiger partial charge in [0.25, 0.3) is 5.69 Å². The Labute approximate surface area is 143 Å². The van der Waals surface area contributed by atoms with E-state index < -0.39 is 9.85 Å². The number of hydrogen-bond acceptors (Lipinski definition) is 8. The van der Waals surface area contributed by atoms with E-state index in [-0.39, 0.29) is 23.0 Å². The van der Waals surface area contributed by atoms with E-state index in [9.17, 15) is 20.2 Å². The van der Waals surface area contributed by atoms with Crippen LogP contribution in [0.25, 0.3) is 0 Å². The molecular weight excluding hydrogens is 328 g/mol. The van der Waals surface area contributed by atoms with Gasteiger partial charge in [0.15, 0.2) is 0 Å². The number of non-ortho nitro benzene ring substituents is 1. The molecule has 0 saturated carbocycles. The zero-order valence-electron chi connectivity index (χ0n) is 13.8. The summed E-state index contributed by atoms with van der Waals surface area (Å²) in [7, 11) is 0. The van der Waals surface area contributed by atoms with Gasteiger partial charge in [-0.15, -0.1) is 0 Å². The molecule has 10 heteroatoms. The number of rotatable bonds is 8. The molecule has 0 aliphatic rings. The van der Waals surface area contributed by atoms with E-state index >= 15 is 0 Å². The molecule has 0 spiro atoms. The van der Waals surface area contributed by atoms with Crippen LogP contribution in [0.2, 0.25) is 0 Å². The first-order valence-electron chi connectivity index (χ1n) is 7.63. The molecule has 1 aromatic carbocycles. The molecule has 25 heavy (non-hydrogen) atoms. The van der Waals surface area contributed by atoms with Crippen LogP contribution in [-0.4, -0.2) is 26.4 Å². The molecular formula is C15H18N6O4. The van der Waals surface area contributed by atoms with Gasteiger partial charge in [-0.25, -0.2) is 9.97 Å². The molecule has 1 aromatic heterocycles. The van der Waals surface area contributed by atoms with Crippen LogP contribution in [0.15, 0.2) is 30.6 Å². The molecule has 0 fully saturated rings. The summed E-state index contributed by atoms with van der Waals surface area (Å²) < 4.78 is 0. The third kappa shape index (κ3) is 4.83. The van der Waals surface area contributed by atoms with E-state index in [2.05, 4.69) is 20.6 Å². The molecule has 0 radical (unpaired) electrons. The van der Waals surface area contributed by atoms with Gasteiger partial charge in [0, 0.05) is 24.4 Å². The predicted octanol–water partition coefficient (Wildman–Crippen LogP) is 3.49. The van der Waals surface area contributed by atoms with E-state index in [1.54, 1.807) is 6.07 Å². The Bertz CT molecular complexity index is 780. The molecule has 2 N–H and O–H groups in total. The van der Waals surface area contributed by atoms with Crippen molar-refractivity contribution in [2.24, 2.45) is 5.92 Å². The van der Waals surface area contributed by atoms with Crippen LogP contribution in [-0.2, 0) is 0 Å². The molecule has 10 nitrogen and oxygen atoms in total. The lowest BCUT2D eigenvalue weighted by molar-refractivity contribution is -0.384. The Kier molecular flexibility index (Phi) is 5.77. The molecule has 132 valence electrons. The van der Waals surface area contributed by atoms with Crippen molar-refractivity contribution in [2.45, 2.75) is 20.3 Å². The average Bonchev–Trinajstić information content (AvgIpc) is 2.54. The molecule has 1 heterocycles. The number of nitro groups is 2. The number of hydrogen-bond donors (Lipinski definition) is 2. The predicted molar refractivity (Wildman–Crippen MR) is 93.0 cm³/mol. The Morgan fingerprint density at radius 1 is 1.12 bits per heavy atom. The summed E-state index contributed by atoms with van der Waals surface area (Å²) in [6, 6.07) is 5.65. The lowest BCUT2D eigenvalue weighted by atomic mass is 10.1. The highest BCUT2D eigenvalue weighted by atomic mass is 16.6. The zero-order valence-corrected chi connectivity index (χ0v) is 13.8. The van der Waals surface area contributed by atoms with Gasteiger partial charge >= 0.3 is 5.69 Å².